The van der Waals surface area contributed by atoms with Crippen LogP contribution in [0.2, 0.25) is 0 Å². The van der Waals surface area contributed by atoms with Gasteiger partial charge in [0.2, 0.25) is 0 Å². The minimum absolute atomic E-state index is 0.509. The molecule has 1 aromatic rings. The Morgan fingerprint density at radius 1 is 0.826 bits per heavy atom. The van der Waals surface area contributed by atoms with Crippen LogP contribution in [0.5, 0.6) is 0 Å². The molecule has 0 saturated carbocycles. The van der Waals surface area contributed by atoms with Crippen LogP contribution in [0.15, 0.2) is 42.9 Å². The topological polar surface area (TPSA) is 201 Å². The molecule has 0 aromatic carbocycles. The van der Waals surface area contributed by atoms with Crippen molar-refractivity contribution in [1.29, 1.82) is 0 Å². The SMILES string of the molecule is Nc1ccncn1.O=C(O)/C=C\C(=O)O.O=C(O)/C=C\C(=O)O. The van der Waals surface area contributed by atoms with Gasteiger partial charge in [-0.05, 0) is 6.07 Å². The summed E-state index contributed by atoms with van der Waals surface area (Å²) in [6.07, 6.45) is 5.24. The molecule has 0 aliphatic heterocycles. The fourth-order valence-corrected chi connectivity index (χ4v) is 0.586. The first-order valence-electron chi connectivity index (χ1n) is 5.44. The van der Waals surface area contributed by atoms with Gasteiger partial charge in [-0.1, -0.05) is 0 Å². The Morgan fingerprint density at radius 2 is 1.17 bits per heavy atom. The molecule has 0 fully saturated rings. The first-order chi connectivity index (χ1) is 10.6. The van der Waals surface area contributed by atoms with Gasteiger partial charge in [0.05, 0.1) is 0 Å². The van der Waals surface area contributed by atoms with E-state index in [0.29, 0.717) is 30.1 Å². The molecule has 6 N–H and O–H groups in total. The highest BCUT2D eigenvalue weighted by Crippen LogP contribution is 1.86. The van der Waals surface area contributed by atoms with Crippen molar-refractivity contribution in [3.05, 3.63) is 42.9 Å². The van der Waals surface area contributed by atoms with E-state index in [4.69, 9.17) is 26.2 Å². The summed E-state index contributed by atoms with van der Waals surface area (Å²) in [5.74, 6) is -4.52. The van der Waals surface area contributed by atoms with Gasteiger partial charge >= 0.3 is 23.9 Å². The van der Waals surface area contributed by atoms with Crippen LogP contribution in [0.3, 0.4) is 0 Å². The van der Waals surface area contributed by atoms with E-state index < -0.39 is 23.9 Å². The van der Waals surface area contributed by atoms with Crippen LogP contribution in [-0.2, 0) is 19.2 Å². The average Bonchev–Trinajstić information content (AvgIpc) is 2.45. The van der Waals surface area contributed by atoms with E-state index >= 15 is 0 Å². The summed E-state index contributed by atoms with van der Waals surface area (Å²) in [6.45, 7) is 0. The molecule has 0 radical (unpaired) electrons. The maximum absolute atomic E-state index is 9.55. The molecule has 11 heteroatoms. The molecule has 11 nitrogen and oxygen atoms in total. The van der Waals surface area contributed by atoms with Gasteiger partial charge < -0.3 is 26.2 Å². The number of carbonyl (C=O) groups is 4. The molecule has 23 heavy (non-hydrogen) atoms. The summed E-state index contributed by atoms with van der Waals surface area (Å²) in [5.41, 5.74) is 5.21. The molecule has 0 saturated heterocycles. The standard InChI is InChI=1S/C4H5N3.2C4H4O4/c5-4-1-2-6-3-7-4;2*5-3(6)1-2-4(7)8/h1-3H,(H2,5,6,7);2*1-2H,(H,5,6)(H,7,8)/b;2*2-1-. The largest absolute Gasteiger partial charge is 0.478 e. The van der Waals surface area contributed by atoms with Crippen LogP contribution in [0, 0.1) is 0 Å². The quantitative estimate of drug-likeness (QED) is 0.445. The molecule has 1 rings (SSSR count). The second kappa shape index (κ2) is 13.2. The third-order valence-electron chi connectivity index (χ3n) is 1.34. The third kappa shape index (κ3) is 23.7. The zero-order chi connectivity index (χ0) is 18.3. The van der Waals surface area contributed by atoms with Crippen molar-refractivity contribution >= 4 is 29.7 Å². The Labute approximate surface area is 129 Å². The second-order valence-electron chi connectivity index (χ2n) is 3.15. The van der Waals surface area contributed by atoms with E-state index in [-0.39, 0.29) is 0 Å². The van der Waals surface area contributed by atoms with Crippen molar-refractivity contribution < 1.29 is 39.6 Å². The van der Waals surface area contributed by atoms with Crippen molar-refractivity contribution in [2.75, 3.05) is 5.73 Å². The van der Waals surface area contributed by atoms with Gasteiger partial charge in [0.25, 0.3) is 0 Å². The number of nitrogens with two attached hydrogens (primary N) is 1. The fraction of sp³-hybridized carbons (Fsp3) is 0. The van der Waals surface area contributed by atoms with Crippen molar-refractivity contribution in [3.63, 3.8) is 0 Å². The van der Waals surface area contributed by atoms with Gasteiger partial charge in [0, 0.05) is 30.5 Å². The summed E-state index contributed by atoms with van der Waals surface area (Å²) >= 11 is 0. The lowest BCUT2D eigenvalue weighted by Crippen LogP contribution is -1.91. The third-order valence-corrected chi connectivity index (χ3v) is 1.34. The lowest BCUT2D eigenvalue weighted by atomic mass is 10.5. The highest BCUT2D eigenvalue weighted by molar-refractivity contribution is 5.90. The van der Waals surface area contributed by atoms with Crippen molar-refractivity contribution in [3.8, 4) is 0 Å². The van der Waals surface area contributed by atoms with E-state index in [1.807, 2.05) is 0 Å². The van der Waals surface area contributed by atoms with Crippen LogP contribution in [0.25, 0.3) is 0 Å². The first-order valence-corrected chi connectivity index (χ1v) is 5.44. The summed E-state index contributed by atoms with van der Waals surface area (Å²) in [6, 6.07) is 1.64. The van der Waals surface area contributed by atoms with E-state index in [1.54, 1.807) is 12.3 Å². The van der Waals surface area contributed by atoms with Crippen molar-refractivity contribution in [2.45, 2.75) is 0 Å². The maximum Gasteiger partial charge on any atom is 0.328 e. The smallest absolute Gasteiger partial charge is 0.328 e. The predicted molar refractivity (Wildman–Crippen MR) is 75.3 cm³/mol. The number of nitrogens with zero attached hydrogens (tertiary/aromatic N) is 2. The summed E-state index contributed by atoms with van der Waals surface area (Å²) in [7, 11) is 0. The number of aliphatic carboxylic acids is 4. The van der Waals surface area contributed by atoms with Crippen LogP contribution >= 0.6 is 0 Å². The summed E-state index contributed by atoms with van der Waals surface area (Å²) in [5, 5.41) is 31.2. The zero-order valence-electron chi connectivity index (χ0n) is 11.4. The van der Waals surface area contributed by atoms with Crippen LogP contribution in [0.4, 0.5) is 5.82 Å². The van der Waals surface area contributed by atoms with E-state index in [0.717, 1.165) is 0 Å². The normalized spacial score (nSPS) is 9.22. The molecule has 0 aliphatic rings. The number of carboxylic acid groups (broad SMARTS) is 4. The molecule has 0 atom stereocenters. The van der Waals surface area contributed by atoms with Crippen molar-refractivity contribution in [1.82, 2.24) is 9.97 Å². The van der Waals surface area contributed by atoms with Gasteiger partial charge in [-0.3, -0.25) is 0 Å². The molecule has 1 aromatic heterocycles. The predicted octanol–water partition coefficient (Wildman–Crippen LogP) is -0.518. The van der Waals surface area contributed by atoms with Gasteiger partial charge in [0.15, 0.2) is 0 Å². The number of aromatic nitrogens is 2. The van der Waals surface area contributed by atoms with Crippen LogP contribution < -0.4 is 5.73 Å². The molecule has 124 valence electrons. The molecular weight excluding hydrogens is 314 g/mol. The molecular formula is C12H13N3O8. The van der Waals surface area contributed by atoms with Gasteiger partial charge in [-0.2, -0.15) is 0 Å². The Bertz CT molecular complexity index is 517. The van der Waals surface area contributed by atoms with E-state index in [9.17, 15) is 19.2 Å². The molecule has 0 unspecified atom stereocenters. The Hall–Kier alpha value is -3.76. The maximum atomic E-state index is 9.55. The number of carboxylic acids is 4. The van der Waals surface area contributed by atoms with Crippen LogP contribution in [-0.4, -0.2) is 54.3 Å². The molecule has 1 heterocycles. The summed E-state index contributed by atoms with van der Waals surface area (Å²) < 4.78 is 0. The fourth-order valence-electron chi connectivity index (χ4n) is 0.586. The molecule has 0 bridgehead atoms. The molecule has 0 spiro atoms. The van der Waals surface area contributed by atoms with Crippen LogP contribution in [0.1, 0.15) is 0 Å². The Balaban J connectivity index is 0. The van der Waals surface area contributed by atoms with E-state index in [2.05, 4.69) is 9.97 Å². The second-order valence-corrected chi connectivity index (χ2v) is 3.15. The number of hydrogen-bond acceptors (Lipinski definition) is 7. The summed E-state index contributed by atoms with van der Waals surface area (Å²) in [4.78, 5) is 45.5. The monoisotopic (exact) mass is 327 g/mol. The average molecular weight is 327 g/mol. The zero-order valence-corrected chi connectivity index (χ0v) is 11.4. The minimum Gasteiger partial charge on any atom is -0.478 e. The number of nitrogen functional groups attached to an aromatic ring is 1. The van der Waals surface area contributed by atoms with E-state index in [1.165, 1.54) is 6.33 Å². The van der Waals surface area contributed by atoms with Crippen molar-refractivity contribution in [2.24, 2.45) is 0 Å². The highest BCUT2D eigenvalue weighted by Gasteiger charge is 1.88. The highest BCUT2D eigenvalue weighted by atomic mass is 16.4. The number of anilines is 1. The Kier molecular flexibility index (Phi) is 12.4. The van der Waals surface area contributed by atoms with Gasteiger partial charge in [-0.25, -0.2) is 29.1 Å². The molecule has 0 aliphatic carbocycles. The van der Waals surface area contributed by atoms with Gasteiger partial charge in [-0.15, -0.1) is 0 Å². The van der Waals surface area contributed by atoms with Gasteiger partial charge in [0.1, 0.15) is 12.1 Å². The number of rotatable bonds is 4. The first kappa shape index (κ1) is 21.5. The lowest BCUT2D eigenvalue weighted by Gasteiger charge is -1.82. The Morgan fingerprint density at radius 3 is 1.30 bits per heavy atom. The lowest BCUT2D eigenvalue weighted by molar-refractivity contribution is -0.134. The molecule has 0 amide bonds. The number of hydrogen-bond donors (Lipinski definition) is 5. The minimum atomic E-state index is -1.26.